The van der Waals surface area contributed by atoms with E-state index in [1.54, 1.807) is 54.6 Å². The highest BCUT2D eigenvalue weighted by atomic mass is 35.5. The smallest absolute Gasteiger partial charge is 0.270 e. The van der Waals surface area contributed by atoms with Crippen molar-refractivity contribution in [3.8, 4) is 0 Å². The minimum absolute atomic E-state index is 0.275. The Balaban J connectivity index is 1.85. The molecule has 0 radical (unpaired) electrons. The lowest BCUT2D eigenvalue weighted by molar-refractivity contribution is -0.384. The number of alkyl halides is 2. The normalized spacial score (nSPS) is 20.1. The highest BCUT2D eigenvalue weighted by Crippen LogP contribution is 2.55. The number of thioether (sulfide) groups is 1. The monoisotopic (exact) mass is 522 g/mol. The van der Waals surface area contributed by atoms with Crippen molar-refractivity contribution < 1.29 is 18.1 Å². The fraction of sp³-hybridized carbons (Fsp3) is 0.136. The lowest BCUT2D eigenvalue weighted by Gasteiger charge is -2.27. The van der Waals surface area contributed by atoms with Crippen LogP contribution in [0.4, 0.5) is 5.69 Å². The standard InChI is InChI=1S/C22H16Cl2N2O5S2/c23-22(24)19(15-7-3-1-4-8-15)20(32-17-9-5-2-6-10-17)25(21(22)27)33(30,31)18-13-11-16(12-14-18)26(28)29/h1-14,19-20H/t19-,20-/m1/s1. The predicted octanol–water partition coefficient (Wildman–Crippen LogP) is 5.20. The molecule has 1 saturated heterocycles. The van der Waals surface area contributed by atoms with Gasteiger partial charge in [-0.05, 0) is 29.8 Å². The van der Waals surface area contributed by atoms with Gasteiger partial charge in [-0.25, -0.2) is 12.7 Å². The number of carbonyl (C=O) groups excluding carboxylic acids is 1. The fourth-order valence-electron chi connectivity index (χ4n) is 3.60. The van der Waals surface area contributed by atoms with Crippen LogP contribution < -0.4 is 0 Å². The number of carbonyl (C=O) groups is 1. The number of halogens is 2. The average molecular weight is 523 g/mol. The summed E-state index contributed by atoms with van der Waals surface area (Å²) in [4.78, 5) is 24.1. The van der Waals surface area contributed by atoms with Crippen molar-refractivity contribution in [2.24, 2.45) is 0 Å². The molecule has 1 aliphatic rings. The van der Waals surface area contributed by atoms with Gasteiger partial charge in [0.05, 0.1) is 15.7 Å². The quantitative estimate of drug-likeness (QED) is 0.250. The van der Waals surface area contributed by atoms with Gasteiger partial charge in [0.2, 0.25) is 4.33 Å². The van der Waals surface area contributed by atoms with Gasteiger partial charge in [0.15, 0.2) is 0 Å². The molecule has 1 heterocycles. The first kappa shape index (κ1) is 23.6. The Hall–Kier alpha value is -2.59. The number of non-ortho nitro benzene ring substituents is 1. The Morgan fingerprint density at radius 2 is 1.45 bits per heavy atom. The molecule has 11 heteroatoms. The zero-order valence-corrected chi connectivity index (χ0v) is 19.9. The van der Waals surface area contributed by atoms with Gasteiger partial charge < -0.3 is 0 Å². The summed E-state index contributed by atoms with van der Waals surface area (Å²) in [5.74, 6) is -1.86. The second kappa shape index (κ2) is 8.98. The van der Waals surface area contributed by atoms with Crippen molar-refractivity contribution >= 4 is 56.6 Å². The number of nitro benzene ring substituents is 1. The summed E-state index contributed by atoms with van der Waals surface area (Å²) >= 11 is 14.2. The lowest BCUT2D eigenvalue weighted by atomic mass is 9.97. The SMILES string of the molecule is O=C1N(S(=O)(=O)c2ccc([N+](=O)[O-])cc2)[C@H](Sc2ccccc2)[C@@H](c2ccccc2)C1(Cl)Cl. The largest absolute Gasteiger partial charge is 0.274 e. The average Bonchev–Trinajstić information content (AvgIpc) is 3.00. The van der Waals surface area contributed by atoms with Crippen LogP contribution in [0.15, 0.2) is 94.7 Å². The van der Waals surface area contributed by atoms with Crippen LogP contribution in [0, 0.1) is 10.1 Å². The molecule has 170 valence electrons. The Bertz CT molecular complexity index is 1290. The molecular weight excluding hydrogens is 507 g/mol. The van der Waals surface area contributed by atoms with Crippen LogP contribution in [-0.2, 0) is 14.8 Å². The molecule has 0 bridgehead atoms. The molecule has 2 atom stereocenters. The Kier molecular flexibility index (Phi) is 6.41. The molecule has 0 aromatic heterocycles. The van der Waals surface area contributed by atoms with Crippen LogP contribution in [0.25, 0.3) is 0 Å². The molecule has 1 fully saturated rings. The van der Waals surface area contributed by atoms with E-state index in [1.165, 1.54) is 0 Å². The van der Waals surface area contributed by atoms with Gasteiger partial charge in [-0.15, -0.1) is 0 Å². The molecule has 0 saturated carbocycles. The molecule has 0 aliphatic carbocycles. The fourth-order valence-corrected chi connectivity index (χ4v) is 7.74. The van der Waals surface area contributed by atoms with Crippen molar-refractivity contribution in [1.82, 2.24) is 4.31 Å². The molecule has 0 spiro atoms. The summed E-state index contributed by atoms with van der Waals surface area (Å²) in [6.07, 6.45) is 0. The van der Waals surface area contributed by atoms with Crippen LogP contribution in [-0.4, -0.2) is 33.3 Å². The number of sulfonamides is 1. The van der Waals surface area contributed by atoms with E-state index >= 15 is 0 Å². The number of rotatable bonds is 6. The topological polar surface area (TPSA) is 97.6 Å². The second-order valence-corrected chi connectivity index (χ2v) is 11.6. The van der Waals surface area contributed by atoms with E-state index in [9.17, 15) is 23.3 Å². The first-order chi connectivity index (χ1) is 15.6. The van der Waals surface area contributed by atoms with Crippen molar-refractivity contribution in [3.05, 3.63) is 101 Å². The number of nitrogens with zero attached hydrogens (tertiary/aromatic N) is 2. The first-order valence-corrected chi connectivity index (χ1v) is 12.7. The van der Waals surface area contributed by atoms with Crippen LogP contribution in [0.5, 0.6) is 0 Å². The van der Waals surface area contributed by atoms with E-state index in [2.05, 4.69) is 0 Å². The van der Waals surface area contributed by atoms with Crippen LogP contribution in [0.1, 0.15) is 11.5 Å². The van der Waals surface area contributed by atoms with E-state index in [1.807, 2.05) is 6.07 Å². The Morgan fingerprint density at radius 1 is 0.909 bits per heavy atom. The summed E-state index contributed by atoms with van der Waals surface area (Å²) in [7, 11) is -4.44. The summed E-state index contributed by atoms with van der Waals surface area (Å²) in [5.41, 5.74) is 0.328. The molecule has 0 unspecified atom stereocenters. The zero-order chi connectivity index (χ0) is 23.8. The number of amides is 1. The predicted molar refractivity (Wildman–Crippen MR) is 127 cm³/mol. The molecule has 33 heavy (non-hydrogen) atoms. The maximum atomic E-state index is 13.6. The van der Waals surface area contributed by atoms with Gasteiger partial charge in [0.25, 0.3) is 21.6 Å². The highest BCUT2D eigenvalue weighted by Gasteiger charge is 2.62. The van der Waals surface area contributed by atoms with E-state index < -0.39 is 36.5 Å². The van der Waals surface area contributed by atoms with Crippen molar-refractivity contribution in [1.29, 1.82) is 0 Å². The molecule has 1 amide bonds. The number of nitro groups is 1. The molecule has 3 aromatic rings. The maximum absolute atomic E-state index is 13.6. The summed E-state index contributed by atoms with van der Waals surface area (Å²) in [5, 5.41) is 9.96. The van der Waals surface area contributed by atoms with Gasteiger partial charge in [-0.3, -0.25) is 14.9 Å². The van der Waals surface area contributed by atoms with E-state index in [-0.39, 0.29) is 10.6 Å². The first-order valence-electron chi connectivity index (χ1n) is 9.62. The zero-order valence-electron chi connectivity index (χ0n) is 16.7. The number of hydrogen-bond acceptors (Lipinski definition) is 6. The highest BCUT2D eigenvalue weighted by molar-refractivity contribution is 8.01. The van der Waals surface area contributed by atoms with Gasteiger partial charge in [-0.1, -0.05) is 83.5 Å². The molecule has 7 nitrogen and oxygen atoms in total. The minimum atomic E-state index is -4.44. The van der Waals surface area contributed by atoms with Crippen molar-refractivity contribution in [3.63, 3.8) is 0 Å². The van der Waals surface area contributed by atoms with E-state index in [4.69, 9.17) is 23.2 Å². The molecule has 1 aliphatic heterocycles. The van der Waals surface area contributed by atoms with Crippen LogP contribution in [0.2, 0.25) is 0 Å². The third-order valence-electron chi connectivity index (χ3n) is 5.16. The van der Waals surface area contributed by atoms with Crippen molar-refractivity contribution in [2.75, 3.05) is 0 Å². The van der Waals surface area contributed by atoms with E-state index in [0.717, 1.165) is 36.0 Å². The maximum Gasteiger partial charge on any atom is 0.274 e. The van der Waals surface area contributed by atoms with Crippen LogP contribution in [0.3, 0.4) is 0 Å². The van der Waals surface area contributed by atoms with E-state index in [0.29, 0.717) is 14.8 Å². The van der Waals surface area contributed by atoms with Gasteiger partial charge >= 0.3 is 0 Å². The van der Waals surface area contributed by atoms with Crippen molar-refractivity contribution in [2.45, 2.75) is 25.4 Å². The third-order valence-corrected chi connectivity index (χ3v) is 9.13. The molecule has 0 N–H and O–H groups in total. The molecular formula is C22H16Cl2N2O5S2. The minimum Gasteiger partial charge on any atom is -0.270 e. The summed E-state index contributed by atoms with van der Waals surface area (Å²) in [6, 6.07) is 22.0. The number of hydrogen-bond donors (Lipinski definition) is 0. The van der Waals surface area contributed by atoms with Gasteiger partial charge in [-0.2, -0.15) is 0 Å². The number of benzene rings is 3. The van der Waals surface area contributed by atoms with Crippen LogP contribution >= 0.6 is 35.0 Å². The third kappa shape index (κ3) is 4.33. The Morgan fingerprint density at radius 3 is 2.00 bits per heavy atom. The molecule has 3 aromatic carbocycles. The van der Waals surface area contributed by atoms with Gasteiger partial charge in [0, 0.05) is 17.0 Å². The summed E-state index contributed by atoms with van der Waals surface area (Å²) < 4.78 is 25.8. The Labute approximate surface area is 204 Å². The lowest BCUT2D eigenvalue weighted by Crippen LogP contribution is -2.39. The summed E-state index contributed by atoms with van der Waals surface area (Å²) in [6.45, 7) is 0. The van der Waals surface area contributed by atoms with Gasteiger partial charge in [0.1, 0.15) is 5.37 Å². The second-order valence-electron chi connectivity index (χ2n) is 7.19. The molecule has 4 rings (SSSR count).